The number of anilines is 1. The molecule has 120 valence electrons. The fraction of sp³-hybridized carbons (Fsp3) is 0. The summed E-state index contributed by atoms with van der Waals surface area (Å²) in [6, 6.07) is 13.9. The van der Waals surface area contributed by atoms with Gasteiger partial charge in [-0.1, -0.05) is 6.07 Å². The number of nitrogens with zero attached hydrogens (tertiary/aromatic N) is 2. The van der Waals surface area contributed by atoms with Crippen molar-refractivity contribution in [2.75, 3.05) is 5.43 Å². The average Bonchev–Trinajstić information content (AvgIpc) is 3.29. The number of hydrogen-bond acceptors (Lipinski definition) is 6. The quantitative estimate of drug-likeness (QED) is 0.539. The van der Waals surface area contributed by atoms with Crippen LogP contribution in [-0.4, -0.2) is 18.3 Å². The van der Waals surface area contributed by atoms with E-state index in [1.165, 1.54) is 12.5 Å². The van der Waals surface area contributed by atoms with E-state index >= 15 is 0 Å². The van der Waals surface area contributed by atoms with E-state index in [2.05, 4.69) is 21.1 Å². The third kappa shape index (κ3) is 4.20. The van der Waals surface area contributed by atoms with Gasteiger partial charge in [0.25, 0.3) is 5.91 Å². The minimum atomic E-state index is -0.337. The highest BCUT2D eigenvalue weighted by Gasteiger charge is 2.04. The molecule has 24 heavy (non-hydrogen) atoms. The molecule has 0 aliphatic heterocycles. The zero-order chi connectivity index (χ0) is 16.6. The SMILES string of the molecule is O=C(NN=Cc1ccco1)c1cccc(NN=Cc2ccco2)c1. The van der Waals surface area contributed by atoms with Gasteiger partial charge >= 0.3 is 0 Å². The first-order valence-electron chi connectivity index (χ1n) is 7.11. The van der Waals surface area contributed by atoms with Gasteiger partial charge in [-0.05, 0) is 42.5 Å². The van der Waals surface area contributed by atoms with Crippen molar-refractivity contribution in [3.8, 4) is 0 Å². The molecule has 1 amide bonds. The van der Waals surface area contributed by atoms with Gasteiger partial charge in [0.05, 0.1) is 30.6 Å². The second kappa shape index (κ2) is 7.59. The van der Waals surface area contributed by atoms with Gasteiger partial charge in [0.1, 0.15) is 11.5 Å². The topological polar surface area (TPSA) is 92.1 Å². The fourth-order valence-corrected chi connectivity index (χ4v) is 1.85. The van der Waals surface area contributed by atoms with Crippen LogP contribution in [0, 0.1) is 0 Å². The number of hydrazone groups is 2. The zero-order valence-electron chi connectivity index (χ0n) is 12.5. The highest BCUT2D eigenvalue weighted by molar-refractivity contribution is 5.95. The molecule has 1 aromatic carbocycles. The summed E-state index contributed by atoms with van der Waals surface area (Å²) >= 11 is 0. The molecule has 0 radical (unpaired) electrons. The van der Waals surface area contributed by atoms with Crippen molar-refractivity contribution in [2.45, 2.75) is 0 Å². The zero-order valence-corrected chi connectivity index (χ0v) is 12.5. The molecule has 0 spiro atoms. The summed E-state index contributed by atoms with van der Waals surface area (Å²) in [7, 11) is 0. The van der Waals surface area contributed by atoms with Crippen molar-refractivity contribution in [3.63, 3.8) is 0 Å². The predicted octanol–water partition coefficient (Wildman–Crippen LogP) is 3.08. The summed E-state index contributed by atoms with van der Waals surface area (Å²) in [5.74, 6) is 0.845. The van der Waals surface area contributed by atoms with Crippen LogP contribution in [0.4, 0.5) is 5.69 Å². The van der Waals surface area contributed by atoms with Crippen molar-refractivity contribution in [3.05, 3.63) is 78.1 Å². The van der Waals surface area contributed by atoms with Crippen molar-refractivity contribution < 1.29 is 13.6 Å². The van der Waals surface area contributed by atoms with Crippen LogP contribution < -0.4 is 10.9 Å². The first kappa shape index (κ1) is 15.3. The number of hydrogen-bond donors (Lipinski definition) is 2. The molecule has 2 aromatic heterocycles. The van der Waals surface area contributed by atoms with E-state index in [-0.39, 0.29) is 5.91 Å². The fourth-order valence-electron chi connectivity index (χ4n) is 1.85. The molecule has 0 unspecified atom stereocenters. The lowest BCUT2D eigenvalue weighted by atomic mass is 10.2. The summed E-state index contributed by atoms with van der Waals surface area (Å²) in [6.45, 7) is 0. The van der Waals surface area contributed by atoms with Gasteiger partial charge in [0.2, 0.25) is 0 Å². The molecule has 7 heteroatoms. The second-order valence-corrected chi connectivity index (χ2v) is 4.68. The van der Waals surface area contributed by atoms with Crippen molar-refractivity contribution in [1.29, 1.82) is 0 Å². The van der Waals surface area contributed by atoms with E-state index in [4.69, 9.17) is 8.83 Å². The number of carbonyl (C=O) groups excluding carboxylic acids is 1. The molecule has 0 atom stereocenters. The Hall–Kier alpha value is -3.61. The molecule has 3 aromatic rings. The maximum absolute atomic E-state index is 12.0. The molecule has 0 bridgehead atoms. The molecular formula is C17H14N4O3. The number of amides is 1. The van der Waals surface area contributed by atoms with Crippen LogP contribution in [0.15, 0.2) is 80.1 Å². The molecule has 0 saturated heterocycles. The smallest absolute Gasteiger partial charge is 0.271 e. The minimum Gasteiger partial charge on any atom is -0.463 e. The average molecular weight is 322 g/mol. The predicted molar refractivity (Wildman–Crippen MR) is 90.1 cm³/mol. The Balaban J connectivity index is 1.58. The molecule has 3 rings (SSSR count). The number of rotatable bonds is 6. The van der Waals surface area contributed by atoms with Gasteiger partial charge in [-0.25, -0.2) is 5.43 Å². The Kier molecular flexibility index (Phi) is 4.84. The molecule has 2 N–H and O–H groups in total. The van der Waals surface area contributed by atoms with Gasteiger partial charge in [-0.15, -0.1) is 0 Å². The third-order valence-electron chi connectivity index (χ3n) is 2.95. The van der Waals surface area contributed by atoms with E-state index in [0.29, 0.717) is 22.8 Å². The van der Waals surface area contributed by atoms with Crippen LogP contribution in [0.25, 0.3) is 0 Å². The molecule has 0 saturated carbocycles. The lowest BCUT2D eigenvalue weighted by Gasteiger charge is -2.03. The van der Waals surface area contributed by atoms with Crippen molar-refractivity contribution >= 4 is 24.0 Å². The van der Waals surface area contributed by atoms with Gasteiger partial charge in [0.15, 0.2) is 0 Å². The van der Waals surface area contributed by atoms with E-state index in [0.717, 1.165) is 0 Å². The standard InChI is InChI=1S/C17H14N4O3/c22-17(21-19-12-16-7-3-9-24-16)13-4-1-5-14(10-13)20-18-11-15-6-2-8-23-15/h1-12,20H,(H,21,22). The van der Waals surface area contributed by atoms with Crippen LogP contribution in [0.5, 0.6) is 0 Å². The third-order valence-corrected chi connectivity index (χ3v) is 2.95. The number of furan rings is 2. The highest BCUT2D eigenvalue weighted by Crippen LogP contribution is 2.10. The van der Waals surface area contributed by atoms with Crippen molar-refractivity contribution in [2.24, 2.45) is 10.2 Å². The van der Waals surface area contributed by atoms with Crippen LogP contribution >= 0.6 is 0 Å². The van der Waals surface area contributed by atoms with Gasteiger partial charge in [-0.3, -0.25) is 10.2 Å². The Morgan fingerprint density at radius 3 is 2.29 bits per heavy atom. The first-order chi connectivity index (χ1) is 11.8. The Bertz CT molecular complexity index is 837. The molecular weight excluding hydrogens is 308 g/mol. The largest absolute Gasteiger partial charge is 0.463 e. The molecule has 2 heterocycles. The van der Waals surface area contributed by atoms with Crippen LogP contribution in [-0.2, 0) is 0 Å². The molecule has 0 aliphatic carbocycles. The lowest BCUT2D eigenvalue weighted by Crippen LogP contribution is -2.17. The number of benzene rings is 1. The molecule has 0 fully saturated rings. The maximum atomic E-state index is 12.0. The summed E-state index contributed by atoms with van der Waals surface area (Å²) in [4.78, 5) is 12.0. The Labute approximate surface area is 137 Å². The van der Waals surface area contributed by atoms with Gasteiger partial charge in [-0.2, -0.15) is 10.2 Å². The lowest BCUT2D eigenvalue weighted by molar-refractivity contribution is 0.0955. The van der Waals surface area contributed by atoms with Crippen LogP contribution in [0.2, 0.25) is 0 Å². The molecule has 7 nitrogen and oxygen atoms in total. The minimum absolute atomic E-state index is 0.337. The van der Waals surface area contributed by atoms with Crippen LogP contribution in [0.1, 0.15) is 21.9 Å². The van der Waals surface area contributed by atoms with Crippen LogP contribution in [0.3, 0.4) is 0 Å². The number of nitrogens with one attached hydrogen (secondary N) is 2. The highest BCUT2D eigenvalue weighted by atomic mass is 16.3. The van der Waals surface area contributed by atoms with Crippen molar-refractivity contribution in [1.82, 2.24) is 5.43 Å². The second-order valence-electron chi connectivity index (χ2n) is 4.68. The van der Waals surface area contributed by atoms with E-state index in [9.17, 15) is 4.79 Å². The summed E-state index contributed by atoms with van der Waals surface area (Å²) < 4.78 is 10.2. The summed E-state index contributed by atoms with van der Waals surface area (Å²) in [6.07, 6.45) is 6.06. The molecule has 0 aliphatic rings. The Morgan fingerprint density at radius 2 is 1.62 bits per heavy atom. The normalized spacial score (nSPS) is 11.2. The summed E-state index contributed by atoms with van der Waals surface area (Å²) in [5, 5.41) is 7.87. The van der Waals surface area contributed by atoms with E-state index < -0.39 is 0 Å². The monoisotopic (exact) mass is 322 g/mol. The first-order valence-corrected chi connectivity index (χ1v) is 7.11. The van der Waals surface area contributed by atoms with Gasteiger partial charge < -0.3 is 8.83 Å². The maximum Gasteiger partial charge on any atom is 0.271 e. The van der Waals surface area contributed by atoms with Gasteiger partial charge in [0, 0.05) is 5.56 Å². The Morgan fingerprint density at radius 1 is 0.917 bits per heavy atom. The van der Waals surface area contributed by atoms with E-state index in [1.54, 1.807) is 61.0 Å². The van der Waals surface area contributed by atoms with E-state index in [1.807, 2.05) is 0 Å². The summed E-state index contributed by atoms with van der Waals surface area (Å²) in [5.41, 5.74) is 6.38. The number of carbonyl (C=O) groups is 1.